The molecule has 1 aliphatic heterocycles. The number of rotatable bonds is 5. The van der Waals surface area contributed by atoms with E-state index in [1.54, 1.807) is 6.07 Å². The first-order chi connectivity index (χ1) is 15.5. The Morgan fingerprint density at radius 1 is 1.21 bits per heavy atom. The van der Waals surface area contributed by atoms with Gasteiger partial charge >= 0.3 is 12.1 Å². The second kappa shape index (κ2) is 8.60. The van der Waals surface area contributed by atoms with E-state index in [4.69, 9.17) is 0 Å². The first kappa shape index (κ1) is 23.5. The standard InChI is InChI=1S/C22H24F3N3O4S/c1-2-16-13-27(9-10-28(16)20-8-5-15(12-26-20)22(23,24)25)33(31,32)17-6-3-14-4-7-18(21(29)30)19(14)11-17/h3,5-6,8,11-12,16,18H,2,4,7,9-10,13H2,1H3,(H,29,30). The lowest BCUT2D eigenvalue weighted by Gasteiger charge is -2.41. The summed E-state index contributed by atoms with van der Waals surface area (Å²) >= 11 is 0. The molecule has 1 saturated heterocycles. The van der Waals surface area contributed by atoms with E-state index in [0.717, 1.165) is 17.8 Å². The maximum Gasteiger partial charge on any atom is 0.417 e. The summed E-state index contributed by atoms with van der Waals surface area (Å²) < 4.78 is 66.6. The first-order valence-corrected chi connectivity index (χ1v) is 12.1. The van der Waals surface area contributed by atoms with Crippen LogP contribution < -0.4 is 4.90 Å². The van der Waals surface area contributed by atoms with Crippen LogP contribution in [0.2, 0.25) is 0 Å². The third kappa shape index (κ3) is 4.43. The number of aryl methyl sites for hydroxylation is 1. The summed E-state index contributed by atoms with van der Waals surface area (Å²) in [7, 11) is -3.86. The van der Waals surface area contributed by atoms with Gasteiger partial charge in [-0.05, 0) is 54.7 Å². The number of hydrogen-bond acceptors (Lipinski definition) is 5. The molecule has 0 spiro atoms. The highest BCUT2D eigenvalue weighted by Crippen LogP contribution is 2.36. The van der Waals surface area contributed by atoms with E-state index >= 15 is 0 Å². The molecule has 0 amide bonds. The van der Waals surface area contributed by atoms with Crippen LogP contribution in [-0.4, -0.2) is 54.5 Å². The molecule has 7 nitrogen and oxygen atoms in total. The number of aromatic nitrogens is 1. The number of anilines is 1. The molecule has 2 aromatic rings. The van der Waals surface area contributed by atoms with E-state index in [2.05, 4.69) is 4.98 Å². The number of halogens is 3. The number of carboxylic acids is 1. The lowest BCUT2D eigenvalue weighted by Crippen LogP contribution is -2.54. The minimum absolute atomic E-state index is 0.0605. The number of carboxylic acid groups (broad SMARTS) is 1. The first-order valence-electron chi connectivity index (χ1n) is 10.7. The molecule has 1 N–H and O–H groups in total. The van der Waals surface area contributed by atoms with Gasteiger partial charge in [-0.25, -0.2) is 13.4 Å². The van der Waals surface area contributed by atoms with E-state index in [0.29, 0.717) is 30.6 Å². The molecule has 1 aliphatic carbocycles. The van der Waals surface area contributed by atoms with Crippen molar-refractivity contribution in [2.24, 2.45) is 0 Å². The van der Waals surface area contributed by atoms with Crippen LogP contribution in [0.15, 0.2) is 41.4 Å². The van der Waals surface area contributed by atoms with E-state index in [-0.39, 0.29) is 30.6 Å². The molecule has 33 heavy (non-hydrogen) atoms. The largest absolute Gasteiger partial charge is 0.481 e. The summed E-state index contributed by atoms with van der Waals surface area (Å²) in [4.78, 5) is 17.4. The Bertz CT molecular complexity index is 1150. The molecule has 0 saturated carbocycles. The zero-order valence-electron chi connectivity index (χ0n) is 17.9. The number of sulfonamides is 1. The zero-order chi connectivity index (χ0) is 24.0. The van der Waals surface area contributed by atoms with Gasteiger partial charge < -0.3 is 10.0 Å². The van der Waals surface area contributed by atoms with Crippen molar-refractivity contribution in [2.75, 3.05) is 24.5 Å². The van der Waals surface area contributed by atoms with Crippen molar-refractivity contribution in [1.29, 1.82) is 0 Å². The van der Waals surface area contributed by atoms with E-state index < -0.39 is 33.7 Å². The van der Waals surface area contributed by atoms with Gasteiger partial charge in [-0.15, -0.1) is 0 Å². The van der Waals surface area contributed by atoms with Crippen LogP contribution >= 0.6 is 0 Å². The minimum atomic E-state index is -4.47. The molecule has 178 valence electrons. The molecule has 0 radical (unpaired) electrons. The Balaban J connectivity index is 1.55. The maximum atomic E-state index is 13.3. The molecular weight excluding hydrogens is 459 g/mol. The monoisotopic (exact) mass is 483 g/mol. The minimum Gasteiger partial charge on any atom is -0.481 e. The number of nitrogens with zero attached hydrogens (tertiary/aromatic N) is 3. The quantitative estimate of drug-likeness (QED) is 0.700. The number of benzene rings is 1. The number of alkyl halides is 3. The Morgan fingerprint density at radius 2 is 1.97 bits per heavy atom. The van der Waals surface area contributed by atoms with Crippen molar-refractivity contribution in [3.8, 4) is 0 Å². The maximum absolute atomic E-state index is 13.3. The van der Waals surface area contributed by atoms with Crippen molar-refractivity contribution < 1.29 is 31.5 Å². The highest BCUT2D eigenvalue weighted by Gasteiger charge is 2.36. The van der Waals surface area contributed by atoms with Gasteiger partial charge in [-0.3, -0.25) is 4.79 Å². The molecule has 0 bridgehead atoms. The Hall–Kier alpha value is -2.66. The van der Waals surface area contributed by atoms with Crippen molar-refractivity contribution in [3.05, 3.63) is 53.2 Å². The second-order valence-corrected chi connectivity index (χ2v) is 10.2. The molecule has 2 unspecified atom stereocenters. The second-order valence-electron chi connectivity index (χ2n) is 8.31. The Kier molecular flexibility index (Phi) is 6.12. The van der Waals surface area contributed by atoms with Gasteiger partial charge in [-0.2, -0.15) is 17.5 Å². The number of hydrogen-bond donors (Lipinski definition) is 1. The third-order valence-corrected chi connectivity index (χ3v) is 8.28. The Labute approximate surface area is 189 Å². The normalized spacial score (nSPS) is 21.8. The number of piperazine rings is 1. The topological polar surface area (TPSA) is 90.8 Å². The molecule has 2 heterocycles. The van der Waals surface area contributed by atoms with Crippen molar-refractivity contribution in [2.45, 2.75) is 49.2 Å². The van der Waals surface area contributed by atoms with E-state index in [1.165, 1.54) is 22.5 Å². The third-order valence-electron chi connectivity index (χ3n) is 6.42. The van der Waals surface area contributed by atoms with Crippen LogP contribution in [0.25, 0.3) is 0 Å². The summed E-state index contributed by atoms with van der Waals surface area (Å²) in [5.74, 6) is -1.30. The van der Waals surface area contributed by atoms with Crippen molar-refractivity contribution in [3.63, 3.8) is 0 Å². The predicted molar refractivity (Wildman–Crippen MR) is 115 cm³/mol. The van der Waals surface area contributed by atoms with Crippen LogP contribution in [0.3, 0.4) is 0 Å². The van der Waals surface area contributed by atoms with Crippen LogP contribution in [0.1, 0.15) is 42.4 Å². The van der Waals surface area contributed by atoms with Crippen molar-refractivity contribution in [1.82, 2.24) is 9.29 Å². The highest BCUT2D eigenvalue weighted by molar-refractivity contribution is 7.89. The van der Waals surface area contributed by atoms with Crippen LogP contribution in [0, 0.1) is 0 Å². The van der Waals surface area contributed by atoms with E-state index in [1.807, 2.05) is 11.8 Å². The fraction of sp³-hybridized carbons (Fsp3) is 0.455. The fourth-order valence-electron chi connectivity index (χ4n) is 4.57. The summed E-state index contributed by atoms with van der Waals surface area (Å²) in [6, 6.07) is 6.69. The average Bonchev–Trinajstić information content (AvgIpc) is 3.22. The molecule has 11 heteroatoms. The van der Waals surface area contributed by atoms with Crippen LogP contribution in [0.4, 0.5) is 19.0 Å². The molecule has 1 fully saturated rings. The van der Waals surface area contributed by atoms with Gasteiger partial charge in [0.05, 0.1) is 16.4 Å². The van der Waals surface area contributed by atoms with Crippen LogP contribution in [-0.2, 0) is 27.4 Å². The van der Waals surface area contributed by atoms with Gasteiger partial charge in [0, 0.05) is 31.9 Å². The van der Waals surface area contributed by atoms with Gasteiger partial charge in [0.15, 0.2) is 0 Å². The smallest absolute Gasteiger partial charge is 0.417 e. The summed E-state index contributed by atoms with van der Waals surface area (Å²) in [5, 5.41) is 9.43. The number of aliphatic carboxylic acids is 1. The van der Waals surface area contributed by atoms with Gasteiger partial charge in [0.25, 0.3) is 0 Å². The van der Waals surface area contributed by atoms with Gasteiger partial charge in [0.1, 0.15) is 5.82 Å². The van der Waals surface area contributed by atoms with Crippen molar-refractivity contribution >= 4 is 21.8 Å². The lowest BCUT2D eigenvalue weighted by molar-refractivity contribution is -0.139. The SMILES string of the molecule is CCC1CN(S(=O)(=O)c2ccc3c(c2)C(C(=O)O)CC3)CCN1c1ccc(C(F)(F)F)cn1. The highest BCUT2D eigenvalue weighted by atomic mass is 32.2. The number of pyridine rings is 1. The summed E-state index contributed by atoms with van der Waals surface area (Å²) in [5.41, 5.74) is 0.561. The van der Waals surface area contributed by atoms with E-state index in [9.17, 15) is 31.5 Å². The molecule has 1 aromatic carbocycles. The molecule has 4 rings (SSSR count). The van der Waals surface area contributed by atoms with Crippen LogP contribution in [0.5, 0.6) is 0 Å². The zero-order valence-corrected chi connectivity index (χ0v) is 18.7. The van der Waals surface area contributed by atoms with Gasteiger partial charge in [0.2, 0.25) is 10.0 Å². The lowest BCUT2D eigenvalue weighted by atomic mass is 10.0. The molecular formula is C22H24F3N3O4S. The molecule has 2 aliphatic rings. The summed E-state index contributed by atoms with van der Waals surface area (Å²) in [6.45, 7) is 2.45. The molecule has 2 atom stereocenters. The number of carbonyl (C=O) groups is 1. The average molecular weight is 484 g/mol. The Morgan fingerprint density at radius 3 is 2.58 bits per heavy atom. The number of fused-ring (bicyclic) bond motifs is 1. The van der Waals surface area contributed by atoms with Gasteiger partial charge in [-0.1, -0.05) is 13.0 Å². The summed E-state index contributed by atoms with van der Waals surface area (Å²) in [6.07, 6.45) is -2.07. The fourth-order valence-corrected chi connectivity index (χ4v) is 6.07. The predicted octanol–water partition coefficient (Wildman–Crippen LogP) is 3.50. The molecule has 1 aromatic heterocycles.